The van der Waals surface area contributed by atoms with E-state index in [0.717, 1.165) is 5.52 Å². The van der Waals surface area contributed by atoms with Crippen molar-refractivity contribution in [2.45, 2.75) is 26.8 Å². The third-order valence-electron chi connectivity index (χ3n) is 3.50. The second kappa shape index (κ2) is 6.78. The zero-order chi connectivity index (χ0) is 17.0. The Balaban J connectivity index is 2.22. The maximum atomic E-state index is 12.5. The molecule has 2 rings (SSSR count). The van der Waals surface area contributed by atoms with E-state index in [1.165, 1.54) is 0 Å². The summed E-state index contributed by atoms with van der Waals surface area (Å²) in [5, 5.41) is 21.7. The Morgan fingerprint density at radius 1 is 1.30 bits per heavy atom. The van der Waals surface area contributed by atoms with Crippen LogP contribution in [0.3, 0.4) is 0 Å². The highest BCUT2D eigenvalue weighted by Crippen LogP contribution is 2.21. The molecule has 0 bridgehead atoms. The molecule has 0 aliphatic carbocycles. The van der Waals surface area contributed by atoms with Crippen LogP contribution in [-0.4, -0.2) is 46.3 Å². The molecule has 4 N–H and O–H groups in total. The second-order valence-corrected chi connectivity index (χ2v) is 6.40. The van der Waals surface area contributed by atoms with Crippen LogP contribution < -0.4 is 10.6 Å². The van der Waals surface area contributed by atoms with E-state index in [1.807, 2.05) is 39.0 Å². The van der Waals surface area contributed by atoms with E-state index in [-0.39, 0.29) is 24.8 Å². The van der Waals surface area contributed by atoms with Crippen LogP contribution in [0.2, 0.25) is 0 Å². The van der Waals surface area contributed by atoms with Gasteiger partial charge in [0.15, 0.2) is 5.69 Å². The van der Waals surface area contributed by atoms with Gasteiger partial charge in [-0.15, -0.1) is 0 Å². The summed E-state index contributed by atoms with van der Waals surface area (Å²) >= 11 is 0. The Labute approximate surface area is 134 Å². The molecule has 7 heteroatoms. The predicted molar refractivity (Wildman–Crippen MR) is 86.9 cm³/mol. The van der Waals surface area contributed by atoms with Gasteiger partial charge < -0.3 is 15.7 Å². The number of nitrogens with zero attached hydrogens (tertiary/aromatic N) is 1. The Hall–Kier alpha value is -2.41. The Kier molecular flexibility index (Phi) is 5.00. The van der Waals surface area contributed by atoms with Gasteiger partial charge in [0, 0.05) is 11.9 Å². The average molecular weight is 318 g/mol. The summed E-state index contributed by atoms with van der Waals surface area (Å²) in [4.78, 5) is 24.8. The van der Waals surface area contributed by atoms with Crippen molar-refractivity contribution in [3.8, 4) is 0 Å². The highest BCUT2D eigenvalue weighted by atomic mass is 16.3. The van der Waals surface area contributed by atoms with E-state index < -0.39 is 17.4 Å². The fourth-order valence-electron chi connectivity index (χ4n) is 2.29. The minimum atomic E-state index is -0.739. The van der Waals surface area contributed by atoms with Crippen LogP contribution in [-0.2, 0) is 4.79 Å². The van der Waals surface area contributed by atoms with E-state index >= 15 is 0 Å². The van der Waals surface area contributed by atoms with Crippen LogP contribution in [0.25, 0.3) is 10.9 Å². The number of rotatable bonds is 5. The van der Waals surface area contributed by atoms with Gasteiger partial charge in [0.25, 0.3) is 5.91 Å². The number of nitrogens with one attached hydrogen (secondary N) is 3. The molecule has 0 saturated carbocycles. The molecule has 1 atom stereocenters. The molecular weight excluding hydrogens is 296 g/mol. The number of H-pyrrole nitrogens is 1. The van der Waals surface area contributed by atoms with Gasteiger partial charge in [0.2, 0.25) is 5.91 Å². The molecule has 1 aromatic carbocycles. The molecule has 0 radical (unpaired) electrons. The molecule has 2 amide bonds. The van der Waals surface area contributed by atoms with E-state index in [9.17, 15) is 9.59 Å². The standard InChI is InChI=1S/C16H22N4O3/c1-16(2,3)13(15(23)17-8-9-21)18-14(22)12-10-6-4-5-7-11(10)19-20-12/h4-7,13,21H,8-9H2,1-3H3,(H,17,23)(H,18,22)(H,19,20)/t13-/m1/s1. The zero-order valence-corrected chi connectivity index (χ0v) is 13.5. The Morgan fingerprint density at radius 3 is 2.65 bits per heavy atom. The van der Waals surface area contributed by atoms with Crippen molar-refractivity contribution in [3.05, 3.63) is 30.0 Å². The molecule has 2 aromatic rings. The molecule has 1 heterocycles. The first kappa shape index (κ1) is 17.0. The number of aliphatic hydroxyl groups is 1. The summed E-state index contributed by atoms with van der Waals surface area (Å²) in [6.45, 7) is 5.57. The predicted octanol–water partition coefficient (Wildman–Crippen LogP) is 0.816. The van der Waals surface area contributed by atoms with Gasteiger partial charge >= 0.3 is 0 Å². The van der Waals surface area contributed by atoms with Crippen LogP contribution >= 0.6 is 0 Å². The summed E-state index contributed by atoms with van der Waals surface area (Å²) < 4.78 is 0. The van der Waals surface area contributed by atoms with Crippen molar-refractivity contribution in [1.29, 1.82) is 0 Å². The fourth-order valence-corrected chi connectivity index (χ4v) is 2.29. The molecule has 23 heavy (non-hydrogen) atoms. The number of carbonyl (C=O) groups is 2. The van der Waals surface area contributed by atoms with E-state index in [0.29, 0.717) is 5.39 Å². The molecular formula is C16H22N4O3. The minimum absolute atomic E-state index is 0.145. The molecule has 124 valence electrons. The smallest absolute Gasteiger partial charge is 0.273 e. The lowest BCUT2D eigenvalue weighted by Crippen LogP contribution is -2.54. The average Bonchev–Trinajstić information content (AvgIpc) is 2.93. The summed E-state index contributed by atoms with van der Waals surface area (Å²) in [5.74, 6) is -0.749. The molecule has 7 nitrogen and oxygen atoms in total. The largest absolute Gasteiger partial charge is 0.395 e. The first-order chi connectivity index (χ1) is 10.8. The van der Waals surface area contributed by atoms with Gasteiger partial charge in [-0.3, -0.25) is 14.7 Å². The van der Waals surface area contributed by atoms with Gasteiger partial charge in [-0.25, -0.2) is 0 Å². The van der Waals surface area contributed by atoms with Crippen molar-refractivity contribution in [3.63, 3.8) is 0 Å². The third kappa shape index (κ3) is 3.87. The van der Waals surface area contributed by atoms with E-state index in [1.54, 1.807) is 6.07 Å². The number of hydrogen-bond acceptors (Lipinski definition) is 4. The van der Waals surface area contributed by atoms with Gasteiger partial charge in [-0.2, -0.15) is 5.10 Å². The number of aromatic amines is 1. The van der Waals surface area contributed by atoms with Crippen molar-refractivity contribution in [2.24, 2.45) is 5.41 Å². The third-order valence-corrected chi connectivity index (χ3v) is 3.50. The highest BCUT2D eigenvalue weighted by Gasteiger charge is 2.33. The van der Waals surface area contributed by atoms with Crippen LogP contribution in [0.15, 0.2) is 24.3 Å². The molecule has 0 saturated heterocycles. The number of fused-ring (bicyclic) bond motifs is 1. The maximum Gasteiger partial charge on any atom is 0.273 e. The normalized spacial score (nSPS) is 12.9. The first-order valence-electron chi connectivity index (χ1n) is 7.47. The fraction of sp³-hybridized carbons (Fsp3) is 0.438. The lowest BCUT2D eigenvalue weighted by Gasteiger charge is -2.30. The lowest BCUT2D eigenvalue weighted by molar-refractivity contribution is -0.125. The molecule has 1 aromatic heterocycles. The summed E-state index contributed by atoms with van der Waals surface area (Å²) in [5.41, 5.74) is 0.529. The number of hydrogen-bond donors (Lipinski definition) is 4. The first-order valence-corrected chi connectivity index (χ1v) is 7.47. The number of carbonyl (C=O) groups excluding carboxylic acids is 2. The quantitative estimate of drug-likeness (QED) is 0.654. The van der Waals surface area contributed by atoms with Crippen molar-refractivity contribution < 1.29 is 14.7 Å². The van der Waals surface area contributed by atoms with Gasteiger partial charge in [0.1, 0.15) is 6.04 Å². The molecule has 0 aliphatic heterocycles. The second-order valence-electron chi connectivity index (χ2n) is 6.40. The lowest BCUT2D eigenvalue weighted by atomic mass is 9.86. The van der Waals surface area contributed by atoms with Crippen LogP contribution in [0.1, 0.15) is 31.3 Å². The van der Waals surface area contributed by atoms with Crippen molar-refractivity contribution >= 4 is 22.7 Å². The highest BCUT2D eigenvalue weighted by molar-refractivity contribution is 6.06. The van der Waals surface area contributed by atoms with Crippen LogP contribution in [0.4, 0.5) is 0 Å². The SMILES string of the molecule is CC(C)(C)[C@H](NC(=O)c1n[nH]c2ccccc12)C(=O)NCCO. The maximum absolute atomic E-state index is 12.5. The minimum Gasteiger partial charge on any atom is -0.395 e. The Morgan fingerprint density at radius 2 is 2.00 bits per heavy atom. The summed E-state index contributed by atoms with van der Waals surface area (Å²) in [6, 6.07) is 6.56. The van der Waals surface area contributed by atoms with E-state index in [4.69, 9.17) is 5.11 Å². The van der Waals surface area contributed by atoms with Crippen LogP contribution in [0.5, 0.6) is 0 Å². The molecule has 0 spiro atoms. The monoisotopic (exact) mass is 318 g/mol. The van der Waals surface area contributed by atoms with E-state index in [2.05, 4.69) is 20.8 Å². The number of benzene rings is 1. The van der Waals surface area contributed by atoms with Gasteiger partial charge in [-0.1, -0.05) is 39.0 Å². The van der Waals surface area contributed by atoms with Crippen LogP contribution in [0, 0.1) is 5.41 Å². The molecule has 0 fully saturated rings. The summed E-state index contributed by atoms with van der Waals surface area (Å²) in [7, 11) is 0. The molecule has 0 unspecified atom stereocenters. The number of aliphatic hydroxyl groups excluding tert-OH is 1. The summed E-state index contributed by atoms with van der Waals surface area (Å²) in [6.07, 6.45) is 0. The number of amides is 2. The Bertz CT molecular complexity index is 703. The van der Waals surface area contributed by atoms with Crippen molar-refractivity contribution in [2.75, 3.05) is 13.2 Å². The topological polar surface area (TPSA) is 107 Å². The van der Waals surface area contributed by atoms with Gasteiger partial charge in [0.05, 0.1) is 12.1 Å². The van der Waals surface area contributed by atoms with Crippen molar-refractivity contribution in [1.82, 2.24) is 20.8 Å². The zero-order valence-electron chi connectivity index (χ0n) is 13.5. The number of para-hydroxylation sites is 1. The number of aromatic nitrogens is 2. The van der Waals surface area contributed by atoms with Gasteiger partial charge in [-0.05, 0) is 11.5 Å². The molecule has 0 aliphatic rings.